The fraction of sp³-hybridized carbons (Fsp3) is 0.866. The lowest BCUT2D eigenvalue weighted by atomic mass is 9.49. The van der Waals surface area contributed by atoms with Crippen LogP contribution in [0.4, 0.5) is 0 Å². The second kappa shape index (κ2) is 39.6. The maximum absolute atomic E-state index is 13.3. The molecule has 788 valence electrons. The molecule has 25 rings (SSSR count). The summed E-state index contributed by atoms with van der Waals surface area (Å²) in [6.45, 7) is 40.1. The molecule has 0 saturated heterocycles. The molecular formula is C119H184N16O8. The highest BCUT2D eigenvalue weighted by molar-refractivity contribution is 5.83. The molecule has 40 atom stereocenters. The van der Waals surface area contributed by atoms with Gasteiger partial charge in [0.2, 0.25) is 0 Å². The zero-order chi connectivity index (χ0) is 100. The second-order valence-electron chi connectivity index (χ2n) is 56.2. The molecule has 0 bridgehead atoms. The van der Waals surface area contributed by atoms with E-state index in [0.717, 1.165) is 244 Å². The number of aromatic nitrogens is 16. The van der Waals surface area contributed by atoms with Gasteiger partial charge in [0.15, 0.2) is 17.3 Å². The van der Waals surface area contributed by atoms with Gasteiger partial charge in [-0.05, 0) is 542 Å². The lowest BCUT2D eigenvalue weighted by molar-refractivity contribution is -0.133. The van der Waals surface area contributed by atoms with Crippen molar-refractivity contribution in [1.29, 1.82) is 0 Å². The van der Waals surface area contributed by atoms with Crippen LogP contribution < -0.4 is 0 Å². The van der Waals surface area contributed by atoms with Crippen LogP contribution in [0.1, 0.15) is 375 Å². The Balaban J connectivity index is 0.000000106. The number of rotatable bonds is 15. The van der Waals surface area contributed by atoms with Gasteiger partial charge in [0.05, 0.1) is 70.6 Å². The molecule has 5 aromatic rings. The van der Waals surface area contributed by atoms with Gasteiger partial charge >= 0.3 is 0 Å². The van der Waals surface area contributed by atoms with Gasteiger partial charge in [-0.25, -0.2) is 23.7 Å². The number of allylic oxidation sites excluding steroid dienone is 2. The van der Waals surface area contributed by atoms with E-state index in [9.17, 15) is 39.9 Å². The molecule has 24 nitrogen and oxygen atoms in total. The number of Topliss-reactive ketones (excluding diaryl/α,β-unsaturated/α-hetero) is 3. The summed E-state index contributed by atoms with van der Waals surface area (Å²) < 4.78 is 7.25. The highest BCUT2D eigenvalue weighted by Gasteiger charge is 2.66. The Bertz CT molecular complexity index is 5050. The molecule has 20 saturated carbocycles. The van der Waals surface area contributed by atoms with E-state index in [4.69, 9.17) is 0 Å². The van der Waals surface area contributed by atoms with E-state index in [1.807, 2.05) is 63.4 Å². The number of hydrogen-bond donors (Lipinski definition) is 5. The van der Waals surface area contributed by atoms with Crippen molar-refractivity contribution in [2.45, 2.75) is 440 Å². The number of tetrazole rings is 1. The van der Waals surface area contributed by atoms with Gasteiger partial charge in [-0.3, -0.25) is 14.4 Å². The van der Waals surface area contributed by atoms with Crippen molar-refractivity contribution in [2.24, 2.45) is 205 Å². The number of aliphatic hydroxyl groups is 5. The van der Waals surface area contributed by atoms with Crippen LogP contribution in [-0.4, -0.2) is 151 Å². The van der Waals surface area contributed by atoms with Crippen molar-refractivity contribution in [3.63, 3.8) is 0 Å². The van der Waals surface area contributed by atoms with Crippen LogP contribution in [0.3, 0.4) is 0 Å². The molecule has 20 aliphatic rings. The van der Waals surface area contributed by atoms with E-state index in [0.29, 0.717) is 77.4 Å². The SMILES string of the molecule is C=C(Cn1cncn1)[C@H]1CC[C@H]2[C@@H]3CC[C@@H]4C[C@](C)(O)CC[C@@H]4[C@H]3CC[C@]12C.C=C(Cn1cnnn1)[C@H]1CC[C@H]2[C@@H]3CC[C@@H]4C[C@](C)(O)CC[C@@H]4[C@H]3CC[C@]12C.Cc1cn(CC(=O)[C@H]2CC[C@H]3[C@@H]4CC[C@@H]5C[C@](C)(O)CC[C@@H]5[C@H]4CC[C@]23C)nn1.Cc1cnn(CC(=O)[C@H]2CC[C@H]3[C@@H]4CC[C@@H]5C[C@](C)(O)CC[C@@H]5[C@H]4CC[C@]23C)n1.Cc1cnnn1CC(=O)[C@H]1CC[C@H]2[C@@H]3CC[C@@H]4C[C@](C)(O)CC[C@@H]4[C@H]3CC[C@]12C. The Kier molecular flexibility index (Phi) is 28.5. The van der Waals surface area contributed by atoms with Gasteiger partial charge in [0.1, 0.15) is 38.6 Å². The maximum atomic E-state index is 13.3. The quantitative estimate of drug-likeness (QED) is 0.0608. The first-order valence-corrected chi connectivity index (χ1v) is 58.7. The first-order chi connectivity index (χ1) is 68.1. The summed E-state index contributed by atoms with van der Waals surface area (Å²) in [6, 6.07) is 0. The molecule has 143 heavy (non-hydrogen) atoms. The topological polar surface area (TPSA) is 319 Å². The molecule has 5 heterocycles. The summed E-state index contributed by atoms with van der Waals surface area (Å²) in [7, 11) is 0. The Hall–Kier alpha value is -6.08. The fourth-order valence-electron chi connectivity index (χ4n) is 41.7. The van der Waals surface area contributed by atoms with Crippen LogP contribution in [0.5, 0.6) is 0 Å². The Morgan fingerprint density at radius 3 is 0.965 bits per heavy atom. The highest BCUT2D eigenvalue weighted by atomic mass is 16.3. The number of carbonyl (C=O) groups excluding carboxylic acids is 3. The third-order valence-corrected chi connectivity index (χ3v) is 48.0. The second-order valence-corrected chi connectivity index (χ2v) is 56.2. The van der Waals surface area contributed by atoms with Gasteiger partial charge in [0.25, 0.3) is 0 Å². The summed E-state index contributed by atoms with van der Waals surface area (Å²) >= 11 is 0. The predicted molar refractivity (Wildman–Crippen MR) is 552 cm³/mol. The van der Waals surface area contributed by atoms with Crippen LogP contribution in [0.15, 0.2) is 61.9 Å². The first-order valence-electron chi connectivity index (χ1n) is 58.7. The lowest BCUT2D eigenvalue weighted by Gasteiger charge is -2.57. The zero-order valence-electron chi connectivity index (χ0n) is 90.2. The number of nitrogens with zero attached hydrogens (tertiary/aromatic N) is 16. The normalized spacial score (nSPS) is 47.1. The molecule has 5 aromatic heterocycles. The summed E-state index contributed by atoms with van der Waals surface area (Å²) in [5.41, 5.74) is 4.55. The zero-order valence-corrected chi connectivity index (χ0v) is 90.2. The van der Waals surface area contributed by atoms with Crippen LogP contribution in [0.2, 0.25) is 0 Å². The van der Waals surface area contributed by atoms with Gasteiger partial charge in [-0.15, -0.1) is 15.3 Å². The minimum atomic E-state index is -0.444. The number of carbonyl (C=O) groups is 3. The molecule has 24 heteroatoms. The maximum Gasteiger partial charge on any atom is 0.159 e. The molecule has 5 N–H and O–H groups in total. The van der Waals surface area contributed by atoms with Crippen LogP contribution in [0.25, 0.3) is 0 Å². The van der Waals surface area contributed by atoms with Crippen molar-refractivity contribution in [1.82, 2.24) is 80.0 Å². The van der Waals surface area contributed by atoms with E-state index in [-0.39, 0.29) is 34.0 Å². The molecule has 20 fully saturated rings. The molecular weight excluding hydrogens is 1780 g/mol. The average molecular weight is 1970 g/mol. The van der Waals surface area contributed by atoms with Gasteiger partial charge in [-0.2, -0.15) is 20.1 Å². The average Bonchev–Trinajstić information content (AvgIpc) is 1.10. The predicted octanol–water partition coefficient (Wildman–Crippen LogP) is 21.6. The molecule has 0 amide bonds. The van der Waals surface area contributed by atoms with Crippen molar-refractivity contribution in [3.8, 4) is 0 Å². The lowest BCUT2D eigenvalue weighted by Crippen LogP contribution is -2.51. The Morgan fingerprint density at radius 2 is 0.657 bits per heavy atom. The Labute approximate surface area is 855 Å². The van der Waals surface area contributed by atoms with E-state index in [1.54, 1.807) is 39.2 Å². The first kappa shape index (κ1) is 103. The molecule has 0 radical (unpaired) electrons. The summed E-state index contributed by atoms with van der Waals surface area (Å²) in [5, 5.41) is 93.5. The van der Waals surface area contributed by atoms with E-state index >= 15 is 0 Å². The minimum absolute atomic E-state index is 0.160. The largest absolute Gasteiger partial charge is 0.390 e. The number of ketones is 3. The molecule has 0 aromatic carbocycles. The smallest absolute Gasteiger partial charge is 0.159 e. The highest BCUT2D eigenvalue weighted by Crippen LogP contribution is 2.72. The van der Waals surface area contributed by atoms with Crippen LogP contribution >= 0.6 is 0 Å². The summed E-state index contributed by atoms with van der Waals surface area (Å²) in [5.74, 6) is 23.0. The number of hydrogen-bond acceptors (Lipinski definition) is 19. The minimum Gasteiger partial charge on any atom is -0.390 e. The van der Waals surface area contributed by atoms with E-state index in [2.05, 4.69) is 118 Å². The summed E-state index contributed by atoms with van der Waals surface area (Å²) in [6.07, 6.45) is 64.9. The van der Waals surface area contributed by atoms with Crippen molar-refractivity contribution >= 4 is 17.3 Å². The molecule has 0 spiro atoms. The third-order valence-electron chi connectivity index (χ3n) is 48.0. The van der Waals surface area contributed by atoms with Crippen molar-refractivity contribution < 1.29 is 39.9 Å². The van der Waals surface area contributed by atoms with Crippen LogP contribution in [-0.2, 0) is 47.1 Å². The number of aryl methyl sites for hydroxylation is 3. The monoisotopic (exact) mass is 1970 g/mol. The van der Waals surface area contributed by atoms with Gasteiger partial charge < -0.3 is 25.5 Å². The molecule has 0 aliphatic heterocycles. The van der Waals surface area contributed by atoms with E-state index < -0.39 is 28.0 Å². The standard InChI is InChI=1S/3C24H37N3O2.C24H37N3O.C23H36N4O/c1-15-13-27(26-25-15)14-22(28)21-7-6-20-19-5-4-16-12-23(2,29)10-8-17(16)18(19)9-11-24(20,21)3;1-15-13-25-26-27(15)14-22(28)21-7-6-20-19-5-4-16-12-23(2,29)10-8-17(16)18(19)9-11-24(20,21)3;1-15-13-25-27(26-15)14-22(28)21-7-6-20-19-5-4-16-12-23(2,29)10-8-17(16)18(19)9-11-24(20,21)3;1-16(13-27-15-25-14-26-27)21-6-7-22-20-5-4-17-12-23(2,28)10-8-18(17)19(20)9-11-24(21,22)3;1-15(13-27-14-24-25-26-27)20-6-7-21-19-5-4-16-12-22(2,28)10-8-17(16)18(19)9-11-23(20,21)3/h3*13,16-21,29H,4-12,14H2,1-3H3;14-15,17-22,28H,1,4-13H2,2-3H3;14,16-21,28H,1,4-13H2,2-3H3/t3*16-,17+,18-,19-,20+,21-,23-,24+;17-,18+,19-,20-,21-,22+,23-,24-;16-,17+,18-,19-,20-,21+,22-,23-/m11111/s1. The number of fused-ring (bicyclic) bond motifs is 25. The van der Waals surface area contributed by atoms with Crippen molar-refractivity contribution in [3.05, 3.63) is 79.0 Å². The van der Waals surface area contributed by atoms with Gasteiger partial charge in [-0.1, -0.05) is 69.3 Å². The fourth-order valence-corrected chi connectivity index (χ4v) is 41.7. The van der Waals surface area contributed by atoms with Gasteiger partial charge in [0, 0.05) is 24.0 Å². The van der Waals surface area contributed by atoms with Crippen molar-refractivity contribution in [2.75, 3.05) is 0 Å². The molecule has 20 aliphatic carbocycles. The molecule has 0 unspecified atom stereocenters. The van der Waals surface area contributed by atoms with Crippen LogP contribution in [0, 0.1) is 225 Å². The summed E-state index contributed by atoms with van der Waals surface area (Å²) in [4.78, 5) is 45.4. The van der Waals surface area contributed by atoms with E-state index in [1.165, 1.54) is 217 Å². The Morgan fingerprint density at radius 1 is 0.322 bits per heavy atom. The third kappa shape index (κ3) is 19.8.